The van der Waals surface area contributed by atoms with Crippen molar-refractivity contribution in [3.8, 4) is 5.75 Å². The van der Waals surface area contributed by atoms with Crippen molar-refractivity contribution in [1.29, 1.82) is 0 Å². The van der Waals surface area contributed by atoms with Crippen molar-refractivity contribution in [3.63, 3.8) is 0 Å². The zero-order valence-corrected chi connectivity index (χ0v) is 19.3. The zero-order chi connectivity index (χ0) is 21.9. The molecule has 2 amide bonds. The number of nitrogens with one attached hydrogen (secondary N) is 1. The van der Waals surface area contributed by atoms with Crippen molar-refractivity contribution in [2.75, 3.05) is 19.4 Å². The van der Waals surface area contributed by atoms with Gasteiger partial charge in [-0.3, -0.25) is 9.59 Å². The van der Waals surface area contributed by atoms with Gasteiger partial charge in [-0.05, 0) is 48.7 Å². The van der Waals surface area contributed by atoms with Crippen molar-refractivity contribution in [1.82, 2.24) is 10.2 Å². The zero-order valence-electron chi connectivity index (χ0n) is 17.7. The minimum absolute atomic E-state index is 0.0732. The number of thioether (sulfide) groups is 1. The maximum absolute atomic E-state index is 13.0. The summed E-state index contributed by atoms with van der Waals surface area (Å²) in [6.07, 6.45) is 0.846. The van der Waals surface area contributed by atoms with Gasteiger partial charge in [-0.2, -0.15) is 0 Å². The molecular formula is C23H29ClN2O3S. The van der Waals surface area contributed by atoms with Crippen molar-refractivity contribution in [2.45, 2.75) is 38.6 Å². The fourth-order valence-electron chi connectivity index (χ4n) is 2.87. The molecule has 7 heteroatoms. The molecule has 0 aromatic heterocycles. The molecule has 162 valence electrons. The van der Waals surface area contributed by atoms with Gasteiger partial charge in [0, 0.05) is 23.9 Å². The fourth-order valence-corrected chi connectivity index (χ4v) is 3.86. The van der Waals surface area contributed by atoms with Crippen LogP contribution in [-0.4, -0.2) is 42.2 Å². The van der Waals surface area contributed by atoms with E-state index in [1.807, 2.05) is 55.5 Å². The highest BCUT2D eigenvalue weighted by molar-refractivity contribution is 7.99. The van der Waals surface area contributed by atoms with Gasteiger partial charge in [-0.25, -0.2) is 0 Å². The van der Waals surface area contributed by atoms with Crippen LogP contribution in [0.25, 0.3) is 0 Å². The predicted molar refractivity (Wildman–Crippen MR) is 124 cm³/mol. The number of amides is 2. The lowest BCUT2D eigenvalue weighted by atomic mass is 10.1. The molecule has 2 aromatic rings. The van der Waals surface area contributed by atoms with E-state index in [0.717, 1.165) is 23.3 Å². The highest BCUT2D eigenvalue weighted by Gasteiger charge is 2.25. The van der Waals surface area contributed by atoms with Crippen LogP contribution >= 0.6 is 23.4 Å². The van der Waals surface area contributed by atoms with Crippen LogP contribution in [0.1, 0.15) is 31.4 Å². The van der Waals surface area contributed by atoms with Crippen LogP contribution in [0, 0.1) is 0 Å². The lowest BCUT2D eigenvalue weighted by molar-refractivity contribution is -0.138. The van der Waals surface area contributed by atoms with Gasteiger partial charge >= 0.3 is 0 Å². The lowest BCUT2D eigenvalue weighted by Gasteiger charge is -2.29. The van der Waals surface area contributed by atoms with Crippen LogP contribution in [0.4, 0.5) is 0 Å². The van der Waals surface area contributed by atoms with Crippen molar-refractivity contribution in [3.05, 3.63) is 64.7 Å². The Morgan fingerprint density at radius 3 is 2.57 bits per heavy atom. The number of nitrogens with zero attached hydrogens (tertiary/aromatic N) is 1. The summed E-state index contributed by atoms with van der Waals surface area (Å²) in [6, 6.07) is 14.6. The monoisotopic (exact) mass is 448 g/mol. The molecule has 0 bridgehead atoms. The minimum atomic E-state index is -0.564. The molecule has 0 unspecified atom stereocenters. The normalized spacial score (nSPS) is 11.6. The van der Waals surface area contributed by atoms with E-state index < -0.39 is 6.04 Å². The first-order chi connectivity index (χ1) is 14.4. The minimum Gasteiger partial charge on any atom is -0.497 e. The molecule has 0 radical (unpaired) electrons. The topological polar surface area (TPSA) is 58.6 Å². The van der Waals surface area contributed by atoms with Crippen LogP contribution in [0.2, 0.25) is 5.02 Å². The van der Waals surface area contributed by atoms with E-state index in [0.29, 0.717) is 23.9 Å². The molecule has 0 spiro atoms. The van der Waals surface area contributed by atoms with Crippen molar-refractivity contribution < 1.29 is 14.3 Å². The van der Waals surface area contributed by atoms with Gasteiger partial charge in [0.1, 0.15) is 11.8 Å². The first-order valence-electron chi connectivity index (χ1n) is 9.97. The van der Waals surface area contributed by atoms with E-state index >= 15 is 0 Å². The van der Waals surface area contributed by atoms with Crippen molar-refractivity contribution in [2.24, 2.45) is 0 Å². The standard InChI is InChI=1S/C23H29ClN2O3S/c1-4-12-25-23(28)17(2)26(14-19-6-5-7-21(13-19)29-3)22(27)16-30-15-18-8-10-20(24)11-9-18/h5-11,13,17H,4,12,14-16H2,1-3H3,(H,25,28)/t17-/m1/s1. The summed E-state index contributed by atoms with van der Waals surface area (Å²) in [4.78, 5) is 27.2. The van der Waals surface area contributed by atoms with Crippen LogP contribution in [0.15, 0.2) is 48.5 Å². The van der Waals surface area contributed by atoms with E-state index in [-0.39, 0.29) is 17.6 Å². The molecule has 1 atom stereocenters. The Morgan fingerprint density at radius 2 is 1.90 bits per heavy atom. The Kier molecular flexibility index (Phi) is 10.0. The highest BCUT2D eigenvalue weighted by Crippen LogP contribution is 2.19. The summed E-state index contributed by atoms with van der Waals surface area (Å²) in [5.74, 6) is 1.50. The first-order valence-corrected chi connectivity index (χ1v) is 11.5. The van der Waals surface area contributed by atoms with E-state index in [9.17, 15) is 9.59 Å². The Hall–Kier alpha value is -2.18. The Morgan fingerprint density at radius 1 is 1.17 bits per heavy atom. The second-order valence-electron chi connectivity index (χ2n) is 6.96. The van der Waals surface area contributed by atoms with E-state index in [2.05, 4.69) is 5.32 Å². The molecule has 1 N–H and O–H groups in total. The SMILES string of the molecule is CCCNC(=O)[C@@H](C)N(Cc1cccc(OC)c1)C(=O)CSCc1ccc(Cl)cc1. The molecule has 5 nitrogen and oxygen atoms in total. The van der Waals surface area contributed by atoms with Gasteiger partial charge in [0.25, 0.3) is 0 Å². The van der Waals surface area contributed by atoms with Gasteiger partial charge in [0.15, 0.2) is 0 Å². The number of benzene rings is 2. The Labute approximate surface area is 188 Å². The van der Waals surface area contributed by atoms with Gasteiger partial charge in [-0.1, -0.05) is 42.8 Å². The maximum Gasteiger partial charge on any atom is 0.242 e. The summed E-state index contributed by atoms with van der Waals surface area (Å²) in [5, 5.41) is 3.58. The van der Waals surface area contributed by atoms with Gasteiger partial charge < -0.3 is 15.0 Å². The summed E-state index contributed by atoms with van der Waals surface area (Å²) in [7, 11) is 1.61. The summed E-state index contributed by atoms with van der Waals surface area (Å²) in [6.45, 7) is 4.71. The molecule has 0 aliphatic rings. The Bertz CT molecular complexity index is 829. The third-order valence-electron chi connectivity index (χ3n) is 4.61. The second-order valence-corrected chi connectivity index (χ2v) is 8.38. The maximum atomic E-state index is 13.0. The lowest BCUT2D eigenvalue weighted by Crippen LogP contribution is -2.48. The van der Waals surface area contributed by atoms with Gasteiger partial charge in [0.2, 0.25) is 11.8 Å². The van der Waals surface area contributed by atoms with Crippen LogP contribution < -0.4 is 10.1 Å². The molecule has 0 aliphatic carbocycles. The number of halogens is 1. The van der Waals surface area contributed by atoms with Crippen LogP contribution in [-0.2, 0) is 21.9 Å². The number of methoxy groups -OCH3 is 1. The van der Waals surface area contributed by atoms with E-state index in [4.69, 9.17) is 16.3 Å². The molecule has 2 rings (SSSR count). The molecule has 0 aliphatic heterocycles. The molecule has 2 aromatic carbocycles. The van der Waals surface area contributed by atoms with Crippen LogP contribution in [0.3, 0.4) is 0 Å². The fraction of sp³-hybridized carbons (Fsp3) is 0.391. The number of rotatable bonds is 11. The average Bonchev–Trinajstić information content (AvgIpc) is 2.76. The number of ether oxygens (including phenoxy) is 1. The predicted octanol–water partition coefficient (Wildman–Crippen LogP) is 4.53. The number of carbonyl (C=O) groups is 2. The molecule has 0 heterocycles. The van der Waals surface area contributed by atoms with Crippen molar-refractivity contribution >= 4 is 35.2 Å². The molecule has 0 saturated carbocycles. The van der Waals surface area contributed by atoms with Gasteiger partial charge in [0.05, 0.1) is 12.9 Å². The third kappa shape index (κ3) is 7.58. The largest absolute Gasteiger partial charge is 0.497 e. The number of hydrogen-bond donors (Lipinski definition) is 1. The smallest absolute Gasteiger partial charge is 0.242 e. The van der Waals surface area contributed by atoms with E-state index in [1.165, 1.54) is 11.8 Å². The highest BCUT2D eigenvalue weighted by atomic mass is 35.5. The number of hydrogen-bond acceptors (Lipinski definition) is 4. The summed E-state index contributed by atoms with van der Waals surface area (Å²) in [5.41, 5.74) is 2.02. The molecule has 0 saturated heterocycles. The third-order valence-corrected chi connectivity index (χ3v) is 5.85. The number of carbonyl (C=O) groups excluding carboxylic acids is 2. The summed E-state index contributed by atoms with van der Waals surface area (Å²) >= 11 is 7.45. The van der Waals surface area contributed by atoms with Crippen LogP contribution in [0.5, 0.6) is 5.75 Å². The second kappa shape index (κ2) is 12.5. The Balaban J connectivity index is 2.06. The van der Waals surface area contributed by atoms with E-state index in [1.54, 1.807) is 18.9 Å². The quantitative estimate of drug-likeness (QED) is 0.548. The molecular weight excluding hydrogens is 420 g/mol. The summed E-state index contributed by atoms with van der Waals surface area (Å²) < 4.78 is 5.28. The average molecular weight is 449 g/mol. The molecule has 0 fully saturated rings. The van der Waals surface area contributed by atoms with Gasteiger partial charge in [-0.15, -0.1) is 11.8 Å². The first kappa shape index (κ1) is 24.1. The molecule has 30 heavy (non-hydrogen) atoms.